The Labute approximate surface area is 322 Å². The molecule has 0 fully saturated rings. The van der Waals surface area contributed by atoms with E-state index in [1.165, 1.54) is 0 Å². The number of rotatable bonds is 6. The molecule has 0 aliphatic heterocycles. The van der Waals surface area contributed by atoms with Gasteiger partial charge in [0, 0.05) is 27.8 Å². The highest BCUT2D eigenvalue weighted by Gasteiger charge is 2.16. The number of benzene rings is 9. The molecule has 10 rings (SSSR count). The Kier molecular flexibility index (Phi) is 4.53. The maximum Gasteiger partial charge on any atom is 0.135 e. The molecular formula is C50H33NO. The summed E-state index contributed by atoms with van der Waals surface area (Å²) in [6.45, 7) is 0. The number of nitrogens with zero attached hydrogens (tertiary/aromatic N) is 1. The fraction of sp³-hybridized carbons (Fsp3) is 0. The van der Waals surface area contributed by atoms with Gasteiger partial charge >= 0.3 is 0 Å². The van der Waals surface area contributed by atoms with Crippen molar-refractivity contribution < 1.29 is 23.6 Å². The third kappa shape index (κ3) is 5.39. The van der Waals surface area contributed by atoms with E-state index in [0.717, 1.165) is 33.1 Å². The fourth-order valence-corrected chi connectivity index (χ4v) is 6.63. The average molecular weight is 678 g/mol. The first-order valence-corrected chi connectivity index (χ1v) is 16.6. The van der Waals surface area contributed by atoms with E-state index in [0.29, 0.717) is 28.2 Å². The molecule has 0 aliphatic carbocycles. The first-order valence-electron chi connectivity index (χ1n) is 23.6. The highest BCUT2D eigenvalue weighted by Crippen LogP contribution is 2.41. The van der Waals surface area contributed by atoms with E-state index in [-0.39, 0.29) is 56.8 Å². The van der Waals surface area contributed by atoms with Crippen molar-refractivity contribution in [2.75, 3.05) is 4.90 Å². The standard InChI is InChI=1S/C50H33NO/c1-3-12-36-28-41(24-22-34(36)10-1)38-14-7-17-44(30-38)51(45-18-8-15-39(31-45)42-25-23-35-11-2-4-13-37(35)29-42)46-19-9-16-40(32-46)43-26-27-50-48(33-43)47-20-5-6-21-49(47)52-50/h1-33H/i1D,2D,3D,4D,10D,11D,12D,13D,22D,23D,24D,25D,28D,29D. The van der Waals surface area contributed by atoms with Gasteiger partial charge in [-0.05, 0) is 122 Å². The van der Waals surface area contributed by atoms with Gasteiger partial charge < -0.3 is 9.32 Å². The quantitative estimate of drug-likeness (QED) is 0.174. The van der Waals surface area contributed by atoms with Gasteiger partial charge in [0.2, 0.25) is 0 Å². The van der Waals surface area contributed by atoms with Gasteiger partial charge in [0.15, 0.2) is 0 Å². The van der Waals surface area contributed by atoms with E-state index in [1.807, 2.05) is 65.6 Å². The van der Waals surface area contributed by atoms with Gasteiger partial charge in [-0.1, -0.05) is 133 Å². The minimum atomic E-state index is -0.560. The summed E-state index contributed by atoms with van der Waals surface area (Å²) in [5.41, 5.74) is 5.49. The van der Waals surface area contributed by atoms with Crippen molar-refractivity contribution >= 4 is 60.5 Å². The highest BCUT2D eigenvalue weighted by molar-refractivity contribution is 6.06. The molecule has 0 spiro atoms. The minimum Gasteiger partial charge on any atom is -0.456 e. The van der Waals surface area contributed by atoms with Gasteiger partial charge in [-0.3, -0.25) is 0 Å². The predicted molar refractivity (Wildman–Crippen MR) is 220 cm³/mol. The first kappa shape index (κ1) is 18.9. The topological polar surface area (TPSA) is 16.4 Å². The van der Waals surface area contributed by atoms with Crippen LogP contribution in [0.5, 0.6) is 0 Å². The molecule has 0 saturated carbocycles. The maximum atomic E-state index is 9.27. The van der Waals surface area contributed by atoms with Crippen LogP contribution in [0.25, 0.3) is 76.9 Å². The number of furan rings is 1. The lowest BCUT2D eigenvalue weighted by atomic mass is 9.99. The molecule has 9 aromatic carbocycles. The predicted octanol–water partition coefficient (Wildman–Crippen LogP) is 14.4. The van der Waals surface area contributed by atoms with E-state index in [4.69, 9.17) is 20.9 Å². The molecule has 52 heavy (non-hydrogen) atoms. The molecule has 10 aromatic rings. The summed E-state index contributed by atoms with van der Waals surface area (Å²) in [6.07, 6.45) is 0. The molecule has 0 aliphatic rings. The van der Waals surface area contributed by atoms with E-state index in [1.54, 1.807) is 48.5 Å². The van der Waals surface area contributed by atoms with Crippen molar-refractivity contribution in [3.8, 4) is 33.4 Å². The van der Waals surface area contributed by atoms with Crippen LogP contribution >= 0.6 is 0 Å². The van der Waals surface area contributed by atoms with Crippen LogP contribution in [0, 0.1) is 0 Å². The van der Waals surface area contributed by atoms with Gasteiger partial charge in [-0.2, -0.15) is 0 Å². The monoisotopic (exact) mass is 677 g/mol. The van der Waals surface area contributed by atoms with Gasteiger partial charge in [-0.15, -0.1) is 0 Å². The smallest absolute Gasteiger partial charge is 0.135 e. The fourth-order valence-electron chi connectivity index (χ4n) is 6.63. The Morgan fingerprint density at radius 1 is 0.365 bits per heavy atom. The second-order valence-electron chi connectivity index (χ2n) is 12.3. The molecule has 0 radical (unpaired) electrons. The Hall–Kier alpha value is -6.90. The number of anilines is 3. The molecule has 0 atom stereocenters. The molecule has 0 N–H and O–H groups in total. The molecule has 2 heteroatoms. The zero-order valence-electron chi connectivity index (χ0n) is 41.3. The SMILES string of the molecule is [2H]c1c([2H])c([2H])c2c([2H])c(-c3cccc(N(c4cccc(-c5ccc6oc7ccccc7c6c5)c4)c4cccc(-c5c([2H])c([2H])c6c([2H])c([2H])c([2H])c([2H])c6c5[2H])c4)c3)c([2H])c([2H])c2c1[2H]. The third-order valence-corrected chi connectivity index (χ3v) is 9.10. The Morgan fingerprint density at radius 2 is 0.846 bits per heavy atom. The van der Waals surface area contributed by atoms with Gasteiger partial charge in [0.1, 0.15) is 11.2 Å². The number of fused-ring (bicyclic) bond motifs is 5. The second-order valence-corrected chi connectivity index (χ2v) is 12.3. The maximum absolute atomic E-state index is 9.27. The molecule has 1 aromatic heterocycles. The van der Waals surface area contributed by atoms with Crippen LogP contribution in [0.4, 0.5) is 17.1 Å². The lowest BCUT2D eigenvalue weighted by Gasteiger charge is -2.27. The minimum absolute atomic E-state index is 0.0103. The molecule has 244 valence electrons. The molecular weight excluding hydrogens is 631 g/mol. The van der Waals surface area contributed by atoms with Crippen molar-refractivity contribution in [3.63, 3.8) is 0 Å². The third-order valence-electron chi connectivity index (χ3n) is 9.10. The zero-order valence-corrected chi connectivity index (χ0v) is 27.3. The lowest BCUT2D eigenvalue weighted by molar-refractivity contribution is 0.669. The van der Waals surface area contributed by atoms with E-state index in [2.05, 4.69) is 6.07 Å². The van der Waals surface area contributed by atoms with Crippen LogP contribution in [-0.2, 0) is 0 Å². The molecule has 1 heterocycles. The van der Waals surface area contributed by atoms with Crippen molar-refractivity contribution in [1.82, 2.24) is 0 Å². The van der Waals surface area contributed by atoms with Crippen molar-refractivity contribution in [1.29, 1.82) is 0 Å². The first-order chi connectivity index (χ1) is 31.6. The summed E-state index contributed by atoms with van der Waals surface area (Å²) >= 11 is 0. The van der Waals surface area contributed by atoms with E-state index < -0.39 is 60.4 Å². The Bertz CT molecular complexity index is 3570. The molecule has 0 unspecified atom stereocenters. The summed E-state index contributed by atoms with van der Waals surface area (Å²) in [7, 11) is 0. The summed E-state index contributed by atoms with van der Waals surface area (Å²) in [5, 5.41) is 1.13. The zero-order chi connectivity index (χ0) is 46.6. The summed E-state index contributed by atoms with van der Waals surface area (Å²) in [4.78, 5) is 1.88. The molecule has 2 nitrogen and oxygen atoms in total. The van der Waals surface area contributed by atoms with Gasteiger partial charge in [0.05, 0.1) is 19.2 Å². The summed E-state index contributed by atoms with van der Waals surface area (Å²) < 4.78 is 128. The second kappa shape index (κ2) is 12.5. The Morgan fingerprint density at radius 3 is 1.42 bits per heavy atom. The summed E-state index contributed by atoms with van der Waals surface area (Å²) in [6, 6.07) is 28.7. The van der Waals surface area contributed by atoms with Crippen LogP contribution in [0.1, 0.15) is 19.2 Å². The van der Waals surface area contributed by atoms with Crippen LogP contribution in [0.15, 0.2) is 204 Å². The van der Waals surface area contributed by atoms with Crippen molar-refractivity contribution in [2.24, 2.45) is 0 Å². The summed E-state index contributed by atoms with van der Waals surface area (Å²) in [5.74, 6) is 0. The number of hydrogen-bond donors (Lipinski definition) is 0. The van der Waals surface area contributed by atoms with Crippen LogP contribution in [0.2, 0.25) is 0 Å². The van der Waals surface area contributed by atoms with Crippen molar-refractivity contribution in [2.45, 2.75) is 0 Å². The van der Waals surface area contributed by atoms with Crippen LogP contribution in [0.3, 0.4) is 0 Å². The van der Waals surface area contributed by atoms with Crippen LogP contribution < -0.4 is 4.90 Å². The van der Waals surface area contributed by atoms with Gasteiger partial charge in [0.25, 0.3) is 0 Å². The average Bonchev–Trinajstić information content (AvgIpc) is 3.70. The highest BCUT2D eigenvalue weighted by atomic mass is 16.3. The van der Waals surface area contributed by atoms with E-state index >= 15 is 0 Å². The van der Waals surface area contributed by atoms with Crippen molar-refractivity contribution in [3.05, 3.63) is 200 Å². The Balaban J connectivity index is 1.20. The number of hydrogen-bond acceptors (Lipinski definition) is 2. The lowest BCUT2D eigenvalue weighted by Crippen LogP contribution is -2.10. The molecule has 0 saturated heterocycles. The largest absolute Gasteiger partial charge is 0.456 e. The van der Waals surface area contributed by atoms with Gasteiger partial charge in [-0.25, -0.2) is 0 Å². The number of para-hydroxylation sites is 1. The molecule has 0 amide bonds. The molecule has 0 bridgehead atoms. The normalized spacial score (nSPS) is 15.2. The van der Waals surface area contributed by atoms with E-state index in [9.17, 15) is 2.74 Å². The van der Waals surface area contributed by atoms with Crippen LogP contribution in [-0.4, -0.2) is 0 Å².